The summed E-state index contributed by atoms with van der Waals surface area (Å²) in [7, 11) is 0. The molecule has 1 aromatic carbocycles. The third kappa shape index (κ3) is 13.1. The molecule has 0 bridgehead atoms. The van der Waals surface area contributed by atoms with Crippen LogP contribution in [0.3, 0.4) is 0 Å². The van der Waals surface area contributed by atoms with Gasteiger partial charge in [0.05, 0.1) is 19.3 Å². The van der Waals surface area contributed by atoms with Gasteiger partial charge in [-0.1, -0.05) is 58.2 Å². The zero-order chi connectivity index (χ0) is 22.7. The van der Waals surface area contributed by atoms with E-state index in [2.05, 4.69) is 27.7 Å². The maximum absolute atomic E-state index is 6.44. The van der Waals surface area contributed by atoms with Gasteiger partial charge in [-0.2, -0.15) is 0 Å². The zero-order valence-corrected chi connectivity index (χ0v) is 20.6. The molecule has 0 heterocycles. The van der Waals surface area contributed by atoms with Gasteiger partial charge in [-0.05, 0) is 44.7 Å². The molecular weight excluding hydrogens is 392 g/mol. The summed E-state index contributed by atoms with van der Waals surface area (Å²) in [5.41, 5.74) is 1.09. The van der Waals surface area contributed by atoms with E-state index in [0.717, 1.165) is 69.7 Å². The molecule has 1 aromatic rings. The normalized spacial score (nSPS) is 14.4. The van der Waals surface area contributed by atoms with Crippen LogP contribution in [0, 0.1) is 6.92 Å². The predicted octanol–water partition coefficient (Wildman–Crippen LogP) is 6.31. The van der Waals surface area contributed by atoms with Gasteiger partial charge in [0, 0.05) is 26.2 Å². The second-order valence-corrected chi connectivity index (χ2v) is 8.10. The first-order valence-electron chi connectivity index (χ1n) is 12.3. The molecule has 0 aliphatic heterocycles. The molecule has 0 saturated carbocycles. The van der Waals surface area contributed by atoms with E-state index >= 15 is 0 Å². The largest absolute Gasteiger partial charge is 0.465 e. The highest BCUT2D eigenvalue weighted by Gasteiger charge is 2.25. The van der Waals surface area contributed by atoms with Gasteiger partial charge in [0.2, 0.25) is 6.29 Å². The summed E-state index contributed by atoms with van der Waals surface area (Å²) < 4.78 is 30.4. The molecule has 0 N–H and O–H groups in total. The lowest BCUT2D eigenvalue weighted by Crippen LogP contribution is -2.39. The average molecular weight is 439 g/mol. The van der Waals surface area contributed by atoms with Gasteiger partial charge in [-0.3, -0.25) is 0 Å². The molecule has 0 aliphatic carbocycles. The highest BCUT2D eigenvalue weighted by molar-refractivity contribution is 5.31. The van der Waals surface area contributed by atoms with Gasteiger partial charge in [0.25, 0.3) is 0 Å². The lowest BCUT2D eigenvalue weighted by molar-refractivity contribution is -0.182. The summed E-state index contributed by atoms with van der Waals surface area (Å²) >= 11 is 0. The van der Waals surface area contributed by atoms with Crippen molar-refractivity contribution in [3.8, 4) is 5.75 Å². The summed E-state index contributed by atoms with van der Waals surface area (Å²) in [6, 6.07) is 8.03. The fourth-order valence-corrected chi connectivity index (χ4v) is 2.96. The number of aryl methyl sites for hydroxylation is 1. The number of unbranched alkanes of at least 4 members (excludes halogenated alkanes) is 3. The first kappa shape index (κ1) is 27.9. The number of benzene rings is 1. The standard InChI is InChI=1S/C26H46O5/c1-6-9-17-27-20-16-26(30-24-15-13-12-14-22(24)4)31-25(21-28-18-10-7-2)23(5)29-19-11-8-3/h12-15,23,25-26H,6-11,16-21H2,1-5H3/t23-,25?,26+/m0/s1. The van der Waals surface area contributed by atoms with Crippen molar-refractivity contribution < 1.29 is 23.7 Å². The Labute approximate surface area is 190 Å². The Hall–Kier alpha value is -1.14. The highest BCUT2D eigenvalue weighted by atomic mass is 16.7. The van der Waals surface area contributed by atoms with Gasteiger partial charge < -0.3 is 23.7 Å². The van der Waals surface area contributed by atoms with Crippen LogP contribution in [0.5, 0.6) is 5.75 Å². The molecule has 0 fully saturated rings. The molecular formula is C26H46O5. The van der Waals surface area contributed by atoms with Crippen LogP contribution in [-0.2, 0) is 18.9 Å². The van der Waals surface area contributed by atoms with Crippen LogP contribution in [0.2, 0.25) is 0 Å². The van der Waals surface area contributed by atoms with Crippen LogP contribution >= 0.6 is 0 Å². The Bertz CT molecular complexity index is 536. The first-order chi connectivity index (χ1) is 15.1. The van der Waals surface area contributed by atoms with Gasteiger partial charge in [0.1, 0.15) is 11.9 Å². The van der Waals surface area contributed by atoms with E-state index in [-0.39, 0.29) is 12.2 Å². The number of para-hydroxylation sites is 1. The van der Waals surface area contributed by atoms with E-state index in [1.54, 1.807) is 0 Å². The van der Waals surface area contributed by atoms with Crippen molar-refractivity contribution >= 4 is 0 Å². The van der Waals surface area contributed by atoms with Crippen molar-refractivity contribution in [2.75, 3.05) is 33.0 Å². The topological polar surface area (TPSA) is 46.2 Å². The van der Waals surface area contributed by atoms with Gasteiger partial charge >= 0.3 is 0 Å². The summed E-state index contributed by atoms with van der Waals surface area (Å²) in [5.74, 6) is 0.839. The minimum atomic E-state index is -0.417. The average Bonchev–Trinajstić information content (AvgIpc) is 2.77. The van der Waals surface area contributed by atoms with Crippen molar-refractivity contribution in [2.24, 2.45) is 0 Å². The molecule has 0 amide bonds. The minimum Gasteiger partial charge on any atom is -0.465 e. The van der Waals surface area contributed by atoms with Crippen molar-refractivity contribution in [3.63, 3.8) is 0 Å². The quantitative estimate of drug-likeness (QED) is 0.176. The molecule has 180 valence electrons. The van der Waals surface area contributed by atoms with Gasteiger partial charge in [-0.25, -0.2) is 0 Å². The fourth-order valence-electron chi connectivity index (χ4n) is 2.96. The third-order valence-corrected chi connectivity index (χ3v) is 5.15. The number of hydrogen-bond acceptors (Lipinski definition) is 5. The molecule has 31 heavy (non-hydrogen) atoms. The van der Waals surface area contributed by atoms with E-state index in [0.29, 0.717) is 19.6 Å². The van der Waals surface area contributed by atoms with Crippen LogP contribution in [0.4, 0.5) is 0 Å². The number of ether oxygens (including phenoxy) is 5. The van der Waals surface area contributed by atoms with Crippen LogP contribution in [0.1, 0.15) is 78.2 Å². The van der Waals surface area contributed by atoms with E-state index in [1.807, 2.05) is 31.2 Å². The molecule has 0 aliphatic rings. The van der Waals surface area contributed by atoms with Gasteiger partial charge in [-0.15, -0.1) is 0 Å². The Morgan fingerprint density at radius 1 is 0.806 bits per heavy atom. The monoisotopic (exact) mass is 438 g/mol. The smallest absolute Gasteiger partial charge is 0.202 e. The van der Waals surface area contributed by atoms with Crippen LogP contribution in [0.25, 0.3) is 0 Å². The summed E-state index contributed by atoms with van der Waals surface area (Å²) in [6.45, 7) is 13.9. The Balaban J connectivity index is 2.77. The third-order valence-electron chi connectivity index (χ3n) is 5.15. The molecule has 0 saturated heterocycles. The molecule has 0 radical (unpaired) electrons. The summed E-state index contributed by atoms with van der Waals surface area (Å²) in [4.78, 5) is 0. The molecule has 1 rings (SSSR count). The van der Waals surface area contributed by atoms with Gasteiger partial charge in [0.15, 0.2) is 0 Å². The summed E-state index contributed by atoms with van der Waals surface area (Å²) in [5, 5.41) is 0. The van der Waals surface area contributed by atoms with E-state index in [1.165, 1.54) is 0 Å². The Kier molecular flexibility index (Phi) is 16.6. The maximum Gasteiger partial charge on any atom is 0.202 e. The minimum absolute atomic E-state index is 0.0721. The highest BCUT2D eigenvalue weighted by Crippen LogP contribution is 2.21. The van der Waals surface area contributed by atoms with Crippen LogP contribution in [0.15, 0.2) is 24.3 Å². The second kappa shape index (κ2) is 18.4. The van der Waals surface area contributed by atoms with Crippen LogP contribution < -0.4 is 4.74 Å². The maximum atomic E-state index is 6.44. The molecule has 0 aromatic heterocycles. The Morgan fingerprint density at radius 2 is 1.45 bits per heavy atom. The van der Waals surface area contributed by atoms with Crippen molar-refractivity contribution in [3.05, 3.63) is 29.8 Å². The van der Waals surface area contributed by atoms with E-state index in [9.17, 15) is 0 Å². The molecule has 5 heteroatoms. The lowest BCUT2D eigenvalue weighted by Gasteiger charge is -2.30. The fraction of sp³-hybridized carbons (Fsp3) is 0.769. The molecule has 1 unspecified atom stereocenters. The molecule has 5 nitrogen and oxygen atoms in total. The summed E-state index contributed by atoms with van der Waals surface area (Å²) in [6.07, 6.45) is 6.49. The van der Waals surface area contributed by atoms with E-state index in [4.69, 9.17) is 23.7 Å². The molecule has 3 atom stereocenters. The second-order valence-electron chi connectivity index (χ2n) is 8.10. The lowest BCUT2D eigenvalue weighted by atomic mass is 10.2. The van der Waals surface area contributed by atoms with Crippen molar-refractivity contribution in [2.45, 2.75) is 98.1 Å². The number of hydrogen-bond donors (Lipinski definition) is 0. The zero-order valence-electron chi connectivity index (χ0n) is 20.6. The van der Waals surface area contributed by atoms with Crippen molar-refractivity contribution in [1.29, 1.82) is 0 Å². The number of rotatable bonds is 20. The predicted molar refractivity (Wildman–Crippen MR) is 127 cm³/mol. The Morgan fingerprint density at radius 3 is 2.13 bits per heavy atom. The van der Waals surface area contributed by atoms with Crippen molar-refractivity contribution in [1.82, 2.24) is 0 Å². The molecule has 0 spiro atoms. The van der Waals surface area contributed by atoms with Crippen LogP contribution in [-0.4, -0.2) is 51.5 Å². The first-order valence-corrected chi connectivity index (χ1v) is 12.3. The SMILES string of the molecule is CCCCOCC[C@H](Oc1ccccc1C)OC(COCCCC)[C@H](C)OCCCC. The van der Waals surface area contributed by atoms with E-state index < -0.39 is 6.29 Å².